The van der Waals surface area contributed by atoms with E-state index in [-0.39, 0.29) is 23.7 Å². The summed E-state index contributed by atoms with van der Waals surface area (Å²) in [5.74, 6) is 0.0918. The molecule has 0 aliphatic carbocycles. The molecule has 0 aromatic heterocycles. The number of nitrogens with one attached hydrogen (secondary N) is 2. The highest BCUT2D eigenvalue weighted by Gasteiger charge is 2.33. The zero-order valence-corrected chi connectivity index (χ0v) is 12.5. The average Bonchev–Trinajstić information content (AvgIpc) is 2.85. The molecule has 8 heteroatoms. The van der Waals surface area contributed by atoms with Gasteiger partial charge in [0.1, 0.15) is 0 Å². The van der Waals surface area contributed by atoms with Gasteiger partial charge in [-0.3, -0.25) is 4.79 Å². The van der Waals surface area contributed by atoms with Crippen LogP contribution in [0, 0.1) is 0 Å². The van der Waals surface area contributed by atoms with E-state index in [4.69, 9.17) is 0 Å². The Bertz CT molecular complexity index is 446. The third-order valence-corrected chi connectivity index (χ3v) is 5.39. The number of rotatable bonds is 4. The van der Waals surface area contributed by atoms with Gasteiger partial charge in [0, 0.05) is 25.7 Å². The zero-order valence-electron chi connectivity index (χ0n) is 11.7. The molecule has 0 saturated carbocycles. The van der Waals surface area contributed by atoms with Gasteiger partial charge in [-0.1, -0.05) is 0 Å². The van der Waals surface area contributed by atoms with E-state index in [1.807, 2.05) is 0 Å². The van der Waals surface area contributed by atoms with Gasteiger partial charge in [-0.15, -0.1) is 0 Å². The van der Waals surface area contributed by atoms with Gasteiger partial charge >= 0.3 is 0 Å². The van der Waals surface area contributed by atoms with E-state index in [2.05, 4.69) is 10.0 Å². The summed E-state index contributed by atoms with van der Waals surface area (Å²) in [6.07, 6.45) is 1.29. The Morgan fingerprint density at radius 3 is 2.55 bits per heavy atom. The maximum absolute atomic E-state index is 12.2. The highest BCUT2D eigenvalue weighted by molar-refractivity contribution is 7.89. The van der Waals surface area contributed by atoms with Crippen LogP contribution in [0.4, 0.5) is 0 Å². The highest BCUT2D eigenvalue weighted by Crippen LogP contribution is 2.16. The van der Waals surface area contributed by atoms with Crippen LogP contribution in [0.5, 0.6) is 0 Å². The molecule has 2 heterocycles. The number of piperidine rings is 1. The molecule has 2 aliphatic heterocycles. The van der Waals surface area contributed by atoms with Crippen LogP contribution in [0.2, 0.25) is 0 Å². The average molecular weight is 305 g/mol. The molecule has 0 spiro atoms. The number of likely N-dealkylation sites (tertiary alicyclic amines) is 1. The minimum absolute atomic E-state index is 0.0124. The van der Waals surface area contributed by atoms with Crippen LogP contribution in [0.15, 0.2) is 0 Å². The number of amides is 1. The van der Waals surface area contributed by atoms with E-state index in [0.29, 0.717) is 38.9 Å². The van der Waals surface area contributed by atoms with Crippen molar-refractivity contribution >= 4 is 15.9 Å². The molecule has 3 N–H and O–H groups in total. The van der Waals surface area contributed by atoms with Gasteiger partial charge < -0.3 is 15.3 Å². The number of nitrogens with zero attached hydrogens (tertiary/aromatic N) is 1. The largest absolute Gasteiger partial charge is 0.392 e. The fourth-order valence-corrected chi connectivity index (χ4v) is 3.59. The molecule has 0 radical (unpaired) electrons. The molecule has 116 valence electrons. The first-order valence-electron chi connectivity index (χ1n) is 7.11. The summed E-state index contributed by atoms with van der Waals surface area (Å²) < 4.78 is 25.7. The Morgan fingerprint density at radius 1 is 1.40 bits per heavy atom. The van der Waals surface area contributed by atoms with E-state index in [9.17, 15) is 18.3 Å². The topological polar surface area (TPSA) is 98.7 Å². The predicted molar refractivity (Wildman–Crippen MR) is 74.6 cm³/mol. The number of β-amino-alcohol motifs (C(OH)–C–C–N with tert-alkyl or cyclic N) is 1. The summed E-state index contributed by atoms with van der Waals surface area (Å²) in [5, 5.41) is 12.4. The summed E-state index contributed by atoms with van der Waals surface area (Å²) in [4.78, 5) is 14.0. The van der Waals surface area contributed by atoms with Gasteiger partial charge in [0.2, 0.25) is 15.9 Å². The second kappa shape index (κ2) is 6.38. The smallest absolute Gasteiger partial charge is 0.239 e. The predicted octanol–water partition coefficient (Wildman–Crippen LogP) is -1.36. The van der Waals surface area contributed by atoms with Gasteiger partial charge in [0.15, 0.2) is 0 Å². The van der Waals surface area contributed by atoms with Crippen LogP contribution < -0.4 is 10.0 Å². The van der Waals surface area contributed by atoms with Gasteiger partial charge in [-0.05, 0) is 26.2 Å². The molecule has 0 aromatic rings. The lowest BCUT2D eigenvalue weighted by atomic mass is 10.0. The third kappa shape index (κ3) is 3.91. The molecule has 20 heavy (non-hydrogen) atoms. The number of hydrogen-bond donors (Lipinski definition) is 3. The quantitative estimate of drug-likeness (QED) is 0.596. The summed E-state index contributed by atoms with van der Waals surface area (Å²) in [7, 11) is -3.18. The first-order chi connectivity index (χ1) is 9.41. The molecular weight excluding hydrogens is 282 g/mol. The monoisotopic (exact) mass is 305 g/mol. The molecule has 2 atom stereocenters. The molecule has 1 amide bonds. The van der Waals surface area contributed by atoms with Crippen molar-refractivity contribution in [1.82, 2.24) is 14.9 Å². The van der Waals surface area contributed by atoms with Crippen molar-refractivity contribution in [3.8, 4) is 0 Å². The van der Waals surface area contributed by atoms with Crippen LogP contribution in [-0.4, -0.2) is 67.9 Å². The second-order valence-electron chi connectivity index (χ2n) is 5.47. The minimum atomic E-state index is -3.18. The fraction of sp³-hybridized carbons (Fsp3) is 0.917. The Hall–Kier alpha value is -0.700. The van der Waals surface area contributed by atoms with Crippen molar-refractivity contribution in [2.24, 2.45) is 0 Å². The van der Waals surface area contributed by atoms with E-state index in [0.717, 1.165) is 0 Å². The van der Waals surface area contributed by atoms with Gasteiger partial charge in [0.25, 0.3) is 0 Å². The molecule has 2 saturated heterocycles. The van der Waals surface area contributed by atoms with Crippen LogP contribution in [-0.2, 0) is 14.8 Å². The number of carbonyl (C=O) groups is 1. The van der Waals surface area contributed by atoms with Crippen LogP contribution in [0.25, 0.3) is 0 Å². The number of sulfonamides is 1. The minimum Gasteiger partial charge on any atom is -0.392 e. The SMILES string of the molecule is CCS(=O)(=O)NC1CCN(C(=O)C2CC(O)CN2)CC1. The molecule has 2 rings (SSSR count). The van der Waals surface area contributed by atoms with Crippen LogP contribution >= 0.6 is 0 Å². The molecule has 2 aliphatic rings. The number of aliphatic hydroxyl groups excluding tert-OH is 1. The van der Waals surface area contributed by atoms with Gasteiger partial charge in [-0.25, -0.2) is 13.1 Å². The number of carbonyl (C=O) groups excluding carboxylic acids is 1. The Kier molecular flexibility index (Phi) is 5.00. The zero-order chi connectivity index (χ0) is 14.8. The normalized spacial score (nSPS) is 28.8. The summed E-state index contributed by atoms with van der Waals surface area (Å²) >= 11 is 0. The third-order valence-electron chi connectivity index (χ3n) is 3.94. The van der Waals surface area contributed by atoms with Crippen molar-refractivity contribution < 1.29 is 18.3 Å². The first kappa shape index (κ1) is 15.7. The van der Waals surface area contributed by atoms with E-state index in [1.165, 1.54) is 0 Å². The Morgan fingerprint density at radius 2 is 2.05 bits per heavy atom. The summed E-state index contributed by atoms with van der Waals surface area (Å²) in [6.45, 7) is 3.19. The Balaban J connectivity index is 1.81. The number of aliphatic hydroxyl groups is 1. The fourth-order valence-electron chi connectivity index (χ4n) is 2.68. The van der Waals surface area contributed by atoms with Crippen LogP contribution in [0.1, 0.15) is 26.2 Å². The lowest BCUT2D eigenvalue weighted by Gasteiger charge is -2.33. The van der Waals surface area contributed by atoms with Crippen molar-refractivity contribution in [1.29, 1.82) is 0 Å². The molecule has 0 aromatic carbocycles. The molecular formula is C12H23N3O4S. The molecule has 2 unspecified atom stereocenters. The van der Waals surface area contributed by atoms with Crippen LogP contribution in [0.3, 0.4) is 0 Å². The van der Waals surface area contributed by atoms with Crippen molar-refractivity contribution in [3.05, 3.63) is 0 Å². The summed E-state index contributed by atoms with van der Waals surface area (Å²) in [5.41, 5.74) is 0. The van der Waals surface area contributed by atoms with Crippen molar-refractivity contribution in [2.45, 2.75) is 44.4 Å². The van der Waals surface area contributed by atoms with Gasteiger partial charge in [-0.2, -0.15) is 0 Å². The van der Waals surface area contributed by atoms with E-state index >= 15 is 0 Å². The first-order valence-corrected chi connectivity index (χ1v) is 8.76. The molecule has 7 nitrogen and oxygen atoms in total. The Labute approximate surface area is 119 Å². The maximum Gasteiger partial charge on any atom is 0.239 e. The molecule has 0 bridgehead atoms. The summed E-state index contributed by atoms with van der Waals surface area (Å²) in [6, 6.07) is -0.375. The highest BCUT2D eigenvalue weighted by atomic mass is 32.2. The second-order valence-corrected chi connectivity index (χ2v) is 7.51. The number of hydrogen-bond acceptors (Lipinski definition) is 5. The van der Waals surface area contributed by atoms with E-state index < -0.39 is 16.1 Å². The molecule has 2 fully saturated rings. The van der Waals surface area contributed by atoms with E-state index in [1.54, 1.807) is 11.8 Å². The van der Waals surface area contributed by atoms with Crippen molar-refractivity contribution in [2.75, 3.05) is 25.4 Å². The lowest BCUT2D eigenvalue weighted by molar-refractivity contribution is -0.134. The van der Waals surface area contributed by atoms with Crippen molar-refractivity contribution in [3.63, 3.8) is 0 Å². The van der Waals surface area contributed by atoms with Gasteiger partial charge in [0.05, 0.1) is 17.9 Å². The standard InChI is InChI=1S/C12H23N3O4S/c1-2-20(18,19)14-9-3-5-15(6-4-9)12(17)11-7-10(16)8-13-11/h9-11,13-14,16H,2-8H2,1H3. The lowest BCUT2D eigenvalue weighted by Crippen LogP contribution is -2.50. The maximum atomic E-state index is 12.2.